The lowest BCUT2D eigenvalue weighted by atomic mass is 10.2. The van der Waals surface area contributed by atoms with E-state index in [1.807, 2.05) is 0 Å². The maximum Gasteiger partial charge on any atom is 0.258 e. The first-order valence-electron chi connectivity index (χ1n) is 3.43. The molecule has 2 aromatic rings. The number of amides is 1. The third-order valence-electron chi connectivity index (χ3n) is 1.64. The number of hydrogen-bond acceptors (Lipinski definition) is 4. The van der Waals surface area contributed by atoms with Crippen LogP contribution in [0.5, 0.6) is 0 Å². The Hall–Kier alpha value is -1.38. The molecule has 0 bridgehead atoms. The summed E-state index contributed by atoms with van der Waals surface area (Å²) in [6.07, 6.45) is 0. The molecule has 2 aromatic heterocycles. The fraction of sp³-hybridized carbons (Fsp3) is 0. The summed E-state index contributed by atoms with van der Waals surface area (Å²) in [5.74, 6) is -0.433. The molecule has 0 unspecified atom stereocenters. The second kappa shape index (κ2) is 2.83. The van der Waals surface area contributed by atoms with Gasteiger partial charge in [0.1, 0.15) is 6.07 Å². The highest BCUT2D eigenvalue weighted by Crippen LogP contribution is 2.33. The van der Waals surface area contributed by atoms with Crippen LogP contribution in [0.15, 0.2) is 11.4 Å². The quantitative estimate of drug-likeness (QED) is 0.778. The molecule has 2 heterocycles. The van der Waals surface area contributed by atoms with E-state index >= 15 is 0 Å². The van der Waals surface area contributed by atoms with Gasteiger partial charge < -0.3 is 5.73 Å². The lowest BCUT2D eigenvalue weighted by molar-refractivity contribution is 0.100. The minimum Gasteiger partial charge on any atom is -0.365 e. The van der Waals surface area contributed by atoms with Crippen molar-refractivity contribution in [3.05, 3.63) is 21.9 Å². The first-order chi connectivity index (χ1) is 6.22. The summed E-state index contributed by atoms with van der Waals surface area (Å²) in [4.78, 5) is 11.3. The molecule has 0 aliphatic carbocycles. The van der Waals surface area contributed by atoms with Gasteiger partial charge in [-0.1, -0.05) is 0 Å². The fourth-order valence-corrected chi connectivity index (χ4v) is 3.10. The molecule has 0 aromatic carbocycles. The van der Waals surface area contributed by atoms with Crippen molar-refractivity contribution in [3.63, 3.8) is 0 Å². The van der Waals surface area contributed by atoms with Gasteiger partial charge in [-0.05, 0) is 6.07 Å². The Morgan fingerprint density at radius 1 is 1.62 bits per heavy atom. The van der Waals surface area contributed by atoms with E-state index in [9.17, 15) is 4.79 Å². The Bertz CT molecular complexity index is 518. The molecule has 5 heteroatoms. The van der Waals surface area contributed by atoms with Crippen molar-refractivity contribution in [2.45, 2.75) is 0 Å². The molecule has 2 rings (SSSR count). The van der Waals surface area contributed by atoms with Crippen molar-refractivity contribution < 1.29 is 4.79 Å². The number of carbonyl (C=O) groups is 1. The van der Waals surface area contributed by atoms with Gasteiger partial charge in [-0.25, -0.2) is 0 Å². The Morgan fingerprint density at radius 3 is 3.00 bits per heavy atom. The zero-order chi connectivity index (χ0) is 9.42. The number of rotatable bonds is 1. The van der Waals surface area contributed by atoms with Gasteiger partial charge in [0, 0.05) is 10.8 Å². The molecule has 3 nitrogen and oxygen atoms in total. The summed E-state index contributed by atoms with van der Waals surface area (Å²) in [5.41, 5.74) is 5.74. The smallest absolute Gasteiger partial charge is 0.258 e. The first kappa shape index (κ1) is 8.23. The number of fused-ring (bicyclic) bond motifs is 1. The number of nitrogens with zero attached hydrogens (tertiary/aromatic N) is 1. The van der Waals surface area contributed by atoms with Crippen LogP contribution in [0, 0.1) is 11.3 Å². The second-order valence-electron chi connectivity index (χ2n) is 2.44. The third kappa shape index (κ3) is 1.20. The topological polar surface area (TPSA) is 66.9 Å². The van der Waals surface area contributed by atoms with Crippen LogP contribution in [-0.2, 0) is 0 Å². The van der Waals surface area contributed by atoms with Crippen LogP contribution in [0.25, 0.3) is 9.40 Å². The molecule has 0 fully saturated rings. The van der Waals surface area contributed by atoms with Crippen LogP contribution in [0.2, 0.25) is 0 Å². The van der Waals surface area contributed by atoms with E-state index in [1.165, 1.54) is 22.7 Å². The average Bonchev–Trinajstić information content (AvgIpc) is 2.60. The van der Waals surface area contributed by atoms with E-state index in [4.69, 9.17) is 11.0 Å². The molecule has 0 radical (unpaired) electrons. The lowest BCUT2D eigenvalue weighted by Crippen LogP contribution is -2.08. The van der Waals surface area contributed by atoms with Crippen LogP contribution in [0.3, 0.4) is 0 Å². The predicted octanol–water partition coefficient (Wildman–Crippen LogP) is 1.93. The zero-order valence-corrected chi connectivity index (χ0v) is 8.04. The van der Waals surface area contributed by atoms with Crippen molar-refractivity contribution in [1.29, 1.82) is 5.26 Å². The molecule has 13 heavy (non-hydrogen) atoms. The number of thiophene rings is 2. The minimum absolute atomic E-state index is 0.433. The minimum atomic E-state index is -0.433. The highest BCUT2D eigenvalue weighted by molar-refractivity contribution is 7.38. The molecule has 0 aliphatic heterocycles. The molecule has 0 aliphatic rings. The summed E-state index contributed by atoms with van der Waals surface area (Å²) >= 11 is 2.80. The Labute approximate surface area is 82.0 Å². The summed E-state index contributed by atoms with van der Waals surface area (Å²) in [7, 11) is 0. The maximum atomic E-state index is 10.8. The SMILES string of the molecule is N#Cc1csc2sc(C(N)=O)cc12. The number of hydrogen-bond donors (Lipinski definition) is 1. The van der Waals surface area contributed by atoms with Gasteiger partial charge in [-0.2, -0.15) is 5.26 Å². The molecule has 64 valence electrons. The van der Waals surface area contributed by atoms with Crippen molar-refractivity contribution in [3.8, 4) is 6.07 Å². The first-order valence-corrected chi connectivity index (χ1v) is 5.13. The summed E-state index contributed by atoms with van der Waals surface area (Å²) < 4.78 is 0.977. The monoisotopic (exact) mass is 208 g/mol. The average molecular weight is 208 g/mol. The highest BCUT2D eigenvalue weighted by atomic mass is 32.2. The molecule has 0 atom stereocenters. The zero-order valence-electron chi connectivity index (χ0n) is 6.40. The predicted molar refractivity (Wildman–Crippen MR) is 52.9 cm³/mol. The van der Waals surface area contributed by atoms with Gasteiger partial charge in [0.2, 0.25) is 0 Å². The van der Waals surface area contributed by atoms with Crippen molar-refractivity contribution in [2.24, 2.45) is 5.73 Å². The third-order valence-corrected chi connectivity index (χ3v) is 3.91. The van der Waals surface area contributed by atoms with Crippen LogP contribution >= 0.6 is 22.7 Å². The summed E-state index contributed by atoms with van der Waals surface area (Å²) in [6.45, 7) is 0. The van der Waals surface area contributed by atoms with Gasteiger partial charge in [0.25, 0.3) is 5.91 Å². The van der Waals surface area contributed by atoms with Crippen molar-refractivity contribution >= 4 is 38.0 Å². The molecule has 0 saturated carbocycles. The number of nitrogens with two attached hydrogens (primary N) is 1. The number of carbonyl (C=O) groups excluding carboxylic acids is 1. The van der Waals surface area contributed by atoms with Crippen molar-refractivity contribution in [1.82, 2.24) is 0 Å². The number of nitriles is 1. The van der Waals surface area contributed by atoms with Gasteiger partial charge in [-0.15, -0.1) is 22.7 Å². The van der Waals surface area contributed by atoms with Gasteiger partial charge >= 0.3 is 0 Å². The Balaban J connectivity index is 2.71. The van der Waals surface area contributed by atoms with E-state index in [-0.39, 0.29) is 0 Å². The standard InChI is InChI=1S/C8H4N2OS2/c9-2-4-3-12-8-5(4)1-6(13-8)7(10)11/h1,3H,(H2,10,11). The van der Waals surface area contributed by atoms with Crippen LogP contribution in [0.1, 0.15) is 15.2 Å². The molecule has 2 N–H and O–H groups in total. The van der Waals surface area contributed by atoms with Crippen LogP contribution in [-0.4, -0.2) is 5.91 Å². The Kier molecular flexibility index (Phi) is 1.79. The van der Waals surface area contributed by atoms with E-state index < -0.39 is 5.91 Å². The van der Waals surface area contributed by atoms with Gasteiger partial charge in [0.05, 0.1) is 14.5 Å². The van der Waals surface area contributed by atoms with E-state index in [0.29, 0.717) is 10.4 Å². The highest BCUT2D eigenvalue weighted by Gasteiger charge is 2.10. The Morgan fingerprint density at radius 2 is 2.38 bits per heavy atom. The van der Waals surface area contributed by atoms with Gasteiger partial charge in [-0.3, -0.25) is 4.79 Å². The van der Waals surface area contributed by atoms with Crippen molar-refractivity contribution in [2.75, 3.05) is 0 Å². The maximum absolute atomic E-state index is 10.8. The van der Waals surface area contributed by atoms with Crippen LogP contribution in [0.4, 0.5) is 0 Å². The summed E-state index contributed by atoms with van der Waals surface area (Å²) in [5, 5.41) is 11.3. The van der Waals surface area contributed by atoms with Gasteiger partial charge in [0.15, 0.2) is 0 Å². The second-order valence-corrected chi connectivity index (χ2v) is 4.63. The van der Waals surface area contributed by atoms with E-state index in [0.717, 1.165) is 9.40 Å². The fourth-order valence-electron chi connectivity index (χ4n) is 1.03. The molecular weight excluding hydrogens is 204 g/mol. The molecule has 1 amide bonds. The lowest BCUT2D eigenvalue weighted by Gasteiger charge is -1.82. The van der Waals surface area contributed by atoms with E-state index in [2.05, 4.69) is 6.07 Å². The van der Waals surface area contributed by atoms with Crippen LogP contribution < -0.4 is 5.73 Å². The molecule has 0 saturated heterocycles. The van der Waals surface area contributed by atoms with E-state index in [1.54, 1.807) is 11.4 Å². The number of primary amides is 1. The molecular formula is C8H4N2OS2. The summed E-state index contributed by atoms with van der Waals surface area (Å²) in [6, 6.07) is 3.75. The normalized spacial score (nSPS) is 10.1. The largest absolute Gasteiger partial charge is 0.365 e. The molecule has 0 spiro atoms.